The number of rotatable bonds is 2. The van der Waals surface area contributed by atoms with Crippen molar-refractivity contribution in [1.82, 2.24) is 10.3 Å². The van der Waals surface area contributed by atoms with Gasteiger partial charge in [0.2, 0.25) is 0 Å². The first kappa shape index (κ1) is 11.7. The van der Waals surface area contributed by atoms with Crippen LogP contribution in [0.15, 0.2) is 18.3 Å². The van der Waals surface area contributed by atoms with E-state index in [0.717, 1.165) is 23.9 Å². The summed E-state index contributed by atoms with van der Waals surface area (Å²) in [6.07, 6.45) is 8.19. The maximum absolute atomic E-state index is 5.37. The largest absolute Gasteiger partial charge is 0.495 e. The molecule has 2 aliphatic rings. The molecule has 18 heavy (non-hydrogen) atoms. The maximum atomic E-state index is 5.37. The molecule has 1 aliphatic heterocycles. The first-order valence-electron chi connectivity index (χ1n) is 6.74. The van der Waals surface area contributed by atoms with Crippen LogP contribution in [0, 0.1) is 12.8 Å². The van der Waals surface area contributed by atoms with Gasteiger partial charge in [-0.2, -0.15) is 0 Å². The Morgan fingerprint density at radius 1 is 1.44 bits per heavy atom. The fraction of sp³-hybridized carbons (Fsp3) is 0.533. The minimum atomic E-state index is 0.521. The van der Waals surface area contributed by atoms with Gasteiger partial charge in [0.1, 0.15) is 5.75 Å². The van der Waals surface area contributed by atoms with Crippen LogP contribution in [0.4, 0.5) is 0 Å². The average Bonchev–Trinajstić information content (AvgIpc) is 2.83. The highest BCUT2D eigenvalue weighted by Crippen LogP contribution is 2.37. The molecule has 96 valence electrons. The summed E-state index contributed by atoms with van der Waals surface area (Å²) in [4.78, 5) is 4.44. The molecule has 0 spiro atoms. The molecule has 1 aromatic heterocycles. The third-order valence-corrected chi connectivity index (χ3v) is 4.16. The van der Waals surface area contributed by atoms with Crippen molar-refractivity contribution in [3.63, 3.8) is 0 Å². The summed E-state index contributed by atoms with van der Waals surface area (Å²) in [5, 5.41) is 3.64. The number of aromatic nitrogens is 1. The number of fused-ring (bicyclic) bond motifs is 1. The molecule has 1 aromatic rings. The predicted octanol–water partition coefficient (Wildman–Crippen LogP) is 2.55. The van der Waals surface area contributed by atoms with E-state index >= 15 is 0 Å². The zero-order chi connectivity index (χ0) is 12.5. The lowest BCUT2D eigenvalue weighted by Crippen LogP contribution is -2.39. The van der Waals surface area contributed by atoms with Crippen LogP contribution in [0.1, 0.15) is 30.5 Å². The van der Waals surface area contributed by atoms with Crippen LogP contribution < -0.4 is 10.1 Å². The van der Waals surface area contributed by atoms with Gasteiger partial charge in [0, 0.05) is 17.8 Å². The van der Waals surface area contributed by atoms with Crippen LogP contribution in [-0.4, -0.2) is 24.7 Å². The molecule has 1 N–H and O–H groups in total. The fourth-order valence-corrected chi connectivity index (χ4v) is 3.15. The summed E-state index contributed by atoms with van der Waals surface area (Å²) >= 11 is 0. The Hall–Kier alpha value is -1.35. The Kier molecular flexibility index (Phi) is 3.08. The van der Waals surface area contributed by atoms with Crippen molar-refractivity contribution < 1.29 is 4.74 Å². The summed E-state index contributed by atoms with van der Waals surface area (Å²) < 4.78 is 5.37. The molecule has 2 heterocycles. The SMILES string of the molecule is COc1cc(C2=CC[C@@H]3CCCN[C@H]23)cnc1C. The Balaban J connectivity index is 1.91. The van der Waals surface area contributed by atoms with Crippen LogP contribution in [0.2, 0.25) is 0 Å². The van der Waals surface area contributed by atoms with Gasteiger partial charge >= 0.3 is 0 Å². The molecule has 0 saturated carbocycles. The van der Waals surface area contributed by atoms with E-state index in [1.54, 1.807) is 7.11 Å². The van der Waals surface area contributed by atoms with Gasteiger partial charge in [-0.1, -0.05) is 6.08 Å². The number of hydrogen-bond acceptors (Lipinski definition) is 3. The van der Waals surface area contributed by atoms with Gasteiger partial charge < -0.3 is 10.1 Å². The van der Waals surface area contributed by atoms with Crippen LogP contribution >= 0.6 is 0 Å². The number of pyridine rings is 1. The van der Waals surface area contributed by atoms with Gasteiger partial charge in [-0.05, 0) is 50.3 Å². The highest BCUT2D eigenvalue weighted by atomic mass is 16.5. The minimum absolute atomic E-state index is 0.521. The summed E-state index contributed by atoms with van der Waals surface area (Å²) in [5.41, 5.74) is 3.57. The van der Waals surface area contributed by atoms with E-state index < -0.39 is 0 Å². The van der Waals surface area contributed by atoms with Crippen LogP contribution in [0.3, 0.4) is 0 Å². The van der Waals surface area contributed by atoms with Crippen molar-refractivity contribution in [2.45, 2.75) is 32.2 Å². The van der Waals surface area contributed by atoms with Gasteiger partial charge in [0.15, 0.2) is 0 Å². The summed E-state index contributed by atoms with van der Waals surface area (Å²) in [6, 6.07) is 2.64. The standard InChI is InChI=1S/C15H20N2O/c1-10-14(18-2)8-12(9-17-10)13-6-5-11-4-3-7-16-15(11)13/h6,8-9,11,15-16H,3-5,7H2,1-2H3/t11-,15-/m0/s1. The van der Waals surface area contributed by atoms with E-state index in [1.165, 1.54) is 30.4 Å². The second-order valence-corrected chi connectivity index (χ2v) is 5.24. The minimum Gasteiger partial charge on any atom is -0.495 e. The lowest BCUT2D eigenvalue weighted by Gasteiger charge is -2.29. The summed E-state index contributed by atoms with van der Waals surface area (Å²) in [7, 11) is 1.71. The fourth-order valence-electron chi connectivity index (χ4n) is 3.15. The number of aryl methyl sites for hydroxylation is 1. The molecule has 0 bridgehead atoms. The third kappa shape index (κ3) is 1.93. The molecule has 3 rings (SSSR count). The van der Waals surface area contributed by atoms with E-state index in [2.05, 4.69) is 22.4 Å². The highest BCUT2D eigenvalue weighted by molar-refractivity contribution is 5.72. The molecule has 1 saturated heterocycles. The zero-order valence-corrected chi connectivity index (χ0v) is 11.1. The average molecular weight is 244 g/mol. The van der Waals surface area contributed by atoms with Crippen molar-refractivity contribution in [2.24, 2.45) is 5.92 Å². The van der Waals surface area contributed by atoms with Gasteiger partial charge in [0.25, 0.3) is 0 Å². The van der Waals surface area contributed by atoms with Crippen molar-refractivity contribution in [3.8, 4) is 5.75 Å². The maximum Gasteiger partial charge on any atom is 0.140 e. The molecule has 0 amide bonds. The smallest absolute Gasteiger partial charge is 0.140 e. The zero-order valence-electron chi connectivity index (χ0n) is 11.1. The van der Waals surface area contributed by atoms with Gasteiger partial charge in [-0.3, -0.25) is 4.98 Å². The van der Waals surface area contributed by atoms with E-state index in [-0.39, 0.29) is 0 Å². The van der Waals surface area contributed by atoms with Crippen molar-refractivity contribution in [3.05, 3.63) is 29.6 Å². The number of ether oxygens (including phenoxy) is 1. The van der Waals surface area contributed by atoms with E-state index in [4.69, 9.17) is 4.74 Å². The Labute approximate surface area is 108 Å². The Morgan fingerprint density at radius 2 is 2.33 bits per heavy atom. The number of piperidine rings is 1. The predicted molar refractivity (Wildman–Crippen MR) is 72.6 cm³/mol. The van der Waals surface area contributed by atoms with Crippen molar-refractivity contribution in [2.75, 3.05) is 13.7 Å². The second-order valence-electron chi connectivity index (χ2n) is 5.24. The molecular formula is C15H20N2O. The van der Waals surface area contributed by atoms with E-state index in [0.29, 0.717) is 6.04 Å². The Morgan fingerprint density at radius 3 is 3.17 bits per heavy atom. The first-order valence-corrected chi connectivity index (χ1v) is 6.74. The number of methoxy groups -OCH3 is 1. The first-order chi connectivity index (χ1) is 8.79. The van der Waals surface area contributed by atoms with E-state index in [9.17, 15) is 0 Å². The molecule has 3 nitrogen and oxygen atoms in total. The molecule has 0 radical (unpaired) electrons. The molecule has 3 heteroatoms. The van der Waals surface area contributed by atoms with E-state index in [1.807, 2.05) is 13.1 Å². The number of nitrogens with one attached hydrogen (secondary N) is 1. The molecular weight excluding hydrogens is 224 g/mol. The normalized spacial score (nSPS) is 26.7. The molecule has 0 unspecified atom stereocenters. The number of nitrogens with zero attached hydrogens (tertiary/aromatic N) is 1. The number of allylic oxidation sites excluding steroid dienone is 1. The lowest BCUT2D eigenvalue weighted by molar-refractivity contribution is 0.345. The van der Waals surface area contributed by atoms with Crippen LogP contribution in [0.5, 0.6) is 5.75 Å². The molecule has 2 atom stereocenters. The summed E-state index contributed by atoms with van der Waals surface area (Å²) in [5.74, 6) is 1.66. The third-order valence-electron chi connectivity index (χ3n) is 4.16. The lowest BCUT2D eigenvalue weighted by atomic mass is 9.89. The molecule has 1 fully saturated rings. The van der Waals surface area contributed by atoms with Gasteiger partial charge in [0.05, 0.1) is 12.8 Å². The second kappa shape index (κ2) is 4.73. The van der Waals surface area contributed by atoms with Gasteiger partial charge in [-0.15, -0.1) is 0 Å². The van der Waals surface area contributed by atoms with Crippen molar-refractivity contribution >= 4 is 5.57 Å². The molecule has 1 aliphatic carbocycles. The van der Waals surface area contributed by atoms with Crippen LogP contribution in [-0.2, 0) is 0 Å². The number of hydrogen-bond donors (Lipinski definition) is 1. The molecule has 0 aromatic carbocycles. The van der Waals surface area contributed by atoms with Crippen molar-refractivity contribution in [1.29, 1.82) is 0 Å². The summed E-state index contributed by atoms with van der Waals surface area (Å²) in [6.45, 7) is 3.11. The monoisotopic (exact) mass is 244 g/mol. The van der Waals surface area contributed by atoms with Crippen LogP contribution in [0.25, 0.3) is 5.57 Å². The highest BCUT2D eigenvalue weighted by Gasteiger charge is 2.32. The quantitative estimate of drug-likeness (QED) is 0.868. The Bertz CT molecular complexity index is 481. The van der Waals surface area contributed by atoms with Gasteiger partial charge in [-0.25, -0.2) is 0 Å². The topological polar surface area (TPSA) is 34.1 Å².